The van der Waals surface area contributed by atoms with E-state index in [1.165, 1.54) is 6.07 Å². The van der Waals surface area contributed by atoms with E-state index in [-0.39, 0.29) is 34.8 Å². The predicted octanol–water partition coefficient (Wildman–Crippen LogP) is 2.72. The van der Waals surface area contributed by atoms with E-state index in [1.807, 2.05) is 13.8 Å². The molecule has 1 atom stereocenters. The number of nitrogens with zero attached hydrogens (tertiary/aromatic N) is 4. The number of ether oxygens (including phenoxy) is 1. The molecular weight excluding hydrogens is 471 g/mol. The second-order valence-corrected chi connectivity index (χ2v) is 12.5. The number of rotatable bonds is 7. The summed E-state index contributed by atoms with van der Waals surface area (Å²) >= 11 is 0. The van der Waals surface area contributed by atoms with Crippen molar-refractivity contribution in [2.24, 2.45) is 4.99 Å². The van der Waals surface area contributed by atoms with Crippen LogP contribution in [-0.2, 0) is 15.3 Å². The minimum absolute atomic E-state index is 0.110. The molecule has 1 saturated carbocycles. The van der Waals surface area contributed by atoms with Gasteiger partial charge in [0.1, 0.15) is 12.2 Å². The lowest BCUT2D eigenvalue weighted by Crippen LogP contribution is -2.52. The van der Waals surface area contributed by atoms with Gasteiger partial charge in [0.15, 0.2) is 21.4 Å². The maximum atomic E-state index is 14.5. The van der Waals surface area contributed by atoms with Crippen LogP contribution in [0.1, 0.15) is 45.2 Å². The minimum atomic E-state index is -2.91. The Labute approximate surface area is 205 Å². The summed E-state index contributed by atoms with van der Waals surface area (Å²) in [6.07, 6.45) is 4.24. The van der Waals surface area contributed by atoms with E-state index in [1.54, 1.807) is 6.07 Å². The lowest BCUT2D eigenvalue weighted by Gasteiger charge is -2.39. The van der Waals surface area contributed by atoms with Crippen LogP contribution in [0.25, 0.3) is 10.9 Å². The Hall–Kier alpha value is -2.53. The maximum Gasteiger partial charge on any atom is 0.167 e. The van der Waals surface area contributed by atoms with Gasteiger partial charge in [-0.25, -0.2) is 17.8 Å². The summed E-state index contributed by atoms with van der Waals surface area (Å²) in [4.78, 5) is 8.93. The van der Waals surface area contributed by atoms with Gasteiger partial charge in [-0.05, 0) is 39.2 Å². The topological polar surface area (TPSA) is 115 Å². The summed E-state index contributed by atoms with van der Waals surface area (Å²) in [5.74, 6) is 1.21. The monoisotopic (exact) mass is 504 g/mol. The highest BCUT2D eigenvalue weighted by molar-refractivity contribution is 7.91. The number of nitrogens with one attached hydrogen (secondary N) is 2. The van der Waals surface area contributed by atoms with Gasteiger partial charge in [-0.15, -0.1) is 0 Å². The van der Waals surface area contributed by atoms with E-state index in [2.05, 4.69) is 25.0 Å². The average molecular weight is 505 g/mol. The molecule has 0 amide bonds. The van der Waals surface area contributed by atoms with Crippen molar-refractivity contribution in [3.8, 4) is 5.75 Å². The number of aliphatic imine (C=N–C) groups is 1. The molecule has 2 aromatic rings. The number of piperazine rings is 1. The highest BCUT2D eigenvalue weighted by Gasteiger charge is 2.48. The van der Waals surface area contributed by atoms with E-state index >= 15 is 0 Å². The molecule has 1 aromatic carbocycles. The number of halogens is 1. The Balaban J connectivity index is 1.32. The molecule has 1 unspecified atom stereocenters. The predicted molar refractivity (Wildman–Crippen MR) is 134 cm³/mol. The number of H-pyrrole nitrogens is 1. The van der Waals surface area contributed by atoms with Gasteiger partial charge in [0.2, 0.25) is 0 Å². The molecule has 3 fully saturated rings. The van der Waals surface area contributed by atoms with Gasteiger partial charge in [0.25, 0.3) is 0 Å². The van der Waals surface area contributed by atoms with Crippen LogP contribution in [0.3, 0.4) is 0 Å². The Morgan fingerprint density at radius 2 is 2.09 bits per heavy atom. The van der Waals surface area contributed by atoms with Gasteiger partial charge in [-0.1, -0.05) is 0 Å². The quantitative estimate of drug-likeness (QED) is 0.443. The van der Waals surface area contributed by atoms with Crippen LogP contribution in [0.15, 0.2) is 17.1 Å². The van der Waals surface area contributed by atoms with Gasteiger partial charge in [-0.3, -0.25) is 15.4 Å². The van der Waals surface area contributed by atoms with E-state index in [9.17, 15) is 12.8 Å². The third-order valence-electron chi connectivity index (χ3n) is 7.47. The lowest BCUT2D eigenvalue weighted by atomic mass is 9.93. The molecule has 3 aliphatic rings. The van der Waals surface area contributed by atoms with Crippen molar-refractivity contribution < 1.29 is 17.5 Å². The number of aromatic amines is 1. The smallest absolute Gasteiger partial charge is 0.167 e. The minimum Gasteiger partial charge on any atom is -0.488 e. The normalized spacial score (nSPS) is 24.3. The van der Waals surface area contributed by atoms with Gasteiger partial charge in [0, 0.05) is 61.2 Å². The molecule has 2 aliphatic heterocycles. The molecule has 2 N–H and O–H groups in total. The summed E-state index contributed by atoms with van der Waals surface area (Å²) < 4.78 is 43.9. The summed E-state index contributed by atoms with van der Waals surface area (Å²) in [6.45, 7) is 6.81. The summed E-state index contributed by atoms with van der Waals surface area (Å²) in [5.41, 5.74) is 1.36. The van der Waals surface area contributed by atoms with E-state index in [0.29, 0.717) is 18.4 Å². The number of benzene rings is 1. The van der Waals surface area contributed by atoms with Crippen molar-refractivity contribution in [3.63, 3.8) is 0 Å². The van der Waals surface area contributed by atoms with Crippen LogP contribution < -0.4 is 4.74 Å². The van der Waals surface area contributed by atoms with Gasteiger partial charge >= 0.3 is 0 Å². The van der Waals surface area contributed by atoms with E-state index < -0.39 is 15.7 Å². The van der Waals surface area contributed by atoms with Crippen LogP contribution in [0.2, 0.25) is 0 Å². The fourth-order valence-corrected chi connectivity index (χ4v) is 7.21. The largest absolute Gasteiger partial charge is 0.488 e. The Morgan fingerprint density at radius 3 is 2.69 bits per heavy atom. The van der Waals surface area contributed by atoms with Crippen molar-refractivity contribution in [3.05, 3.63) is 23.6 Å². The maximum absolute atomic E-state index is 14.5. The zero-order valence-electron chi connectivity index (χ0n) is 20.3. The molecule has 1 aromatic heterocycles. The molecule has 190 valence electrons. The number of sulfone groups is 1. The number of hydrogen-bond donors (Lipinski definition) is 2. The fraction of sp³-hybridized carbons (Fsp3) is 0.625. The second-order valence-electron chi connectivity index (χ2n) is 10.3. The Kier molecular flexibility index (Phi) is 6.33. The average Bonchev–Trinajstić information content (AvgIpc) is 3.32. The zero-order valence-corrected chi connectivity index (χ0v) is 21.1. The Bertz CT molecular complexity index is 1250. The molecule has 9 nitrogen and oxygen atoms in total. The van der Waals surface area contributed by atoms with Crippen molar-refractivity contribution >= 4 is 32.9 Å². The molecule has 5 rings (SSSR count). The molecule has 0 bridgehead atoms. The van der Waals surface area contributed by atoms with Crippen molar-refractivity contribution in [2.75, 3.05) is 37.7 Å². The third kappa shape index (κ3) is 4.93. The molecule has 1 aliphatic carbocycles. The standard InChI is InChI=1S/C24H33FN6O3S/c1-16(2)34-21-11-18-20(12-19(21)25)28-29-23(18)24(4-5-24)13-22(27-15-26)31-8-6-30(7-9-31)17-3-10-35(32,33)14-17/h11-12,15-17,26H,3-10,13-14H2,1-2H3,(H,28,29). The molecule has 35 heavy (non-hydrogen) atoms. The summed E-state index contributed by atoms with van der Waals surface area (Å²) in [6, 6.07) is 3.27. The molecule has 0 radical (unpaired) electrons. The van der Waals surface area contributed by atoms with Crippen molar-refractivity contribution in [1.82, 2.24) is 20.0 Å². The lowest BCUT2D eigenvalue weighted by molar-refractivity contribution is 0.141. The number of fused-ring (bicyclic) bond motifs is 1. The van der Waals surface area contributed by atoms with E-state index in [0.717, 1.165) is 62.3 Å². The van der Waals surface area contributed by atoms with Crippen LogP contribution >= 0.6 is 0 Å². The van der Waals surface area contributed by atoms with Crippen LogP contribution in [0.5, 0.6) is 5.75 Å². The molecular formula is C24H33FN6O3S. The third-order valence-corrected chi connectivity index (χ3v) is 9.22. The first-order valence-electron chi connectivity index (χ1n) is 12.3. The molecule has 0 spiro atoms. The highest BCUT2D eigenvalue weighted by atomic mass is 32.2. The first-order chi connectivity index (χ1) is 16.7. The molecule has 3 heterocycles. The SMILES string of the molecule is CC(C)Oc1cc2c(C3(CC(=NC=N)N4CCN(C5CCS(=O)(=O)C5)CC4)CC3)[nH]nc2cc1F. The molecule has 11 heteroatoms. The zero-order chi connectivity index (χ0) is 24.8. The van der Waals surface area contributed by atoms with Crippen LogP contribution in [0, 0.1) is 11.2 Å². The first-order valence-corrected chi connectivity index (χ1v) is 14.1. The van der Waals surface area contributed by atoms with Crippen LogP contribution in [-0.4, -0.2) is 90.4 Å². The van der Waals surface area contributed by atoms with Gasteiger partial charge < -0.3 is 9.64 Å². The molecule has 2 saturated heterocycles. The van der Waals surface area contributed by atoms with Crippen molar-refractivity contribution in [1.29, 1.82) is 5.41 Å². The number of aromatic nitrogens is 2. The van der Waals surface area contributed by atoms with E-state index in [4.69, 9.17) is 10.1 Å². The van der Waals surface area contributed by atoms with Gasteiger partial charge in [0.05, 0.1) is 23.1 Å². The van der Waals surface area contributed by atoms with Crippen LogP contribution in [0.4, 0.5) is 4.39 Å². The van der Waals surface area contributed by atoms with Gasteiger partial charge in [-0.2, -0.15) is 5.10 Å². The van der Waals surface area contributed by atoms with Crippen molar-refractivity contribution in [2.45, 2.75) is 57.1 Å². The summed E-state index contributed by atoms with van der Waals surface area (Å²) in [5, 5.41) is 16.0. The Morgan fingerprint density at radius 1 is 1.34 bits per heavy atom. The number of amidine groups is 1. The summed E-state index contributed by atoms with van der Waals surface area (Å²) in [7, 11) is -2.91. The fourth-order valence-electron chi connectivity index (χ4n) is 5.45. The highest BCUT2D eigenvalue weighted by Crippen LogP contribution is 2.53. The first kappa shape index (κ1) is 24.2. The number of hydrogen-bond acceptors (Lipinski definition) is 6. The second kappa shape index (κ2) is 9.16.